The highest BCUT2D eigenvalue weighted by molar-refractivity contribution is 5.70. The van der Waals surface area contributed by atoms with Crippen molar-refractivity contribution in [2.75, 3.05) is 13.2 Å². The molecule has 1 atom stereocenters. The lowest BCUT2D eigenvalue weighted by Crippen LogP contribution is -2.07. The fourth-order valence-corrected chi connectivity index (χ4v) is 2.29. The van der Waals surface area contributed by atoms with Crippen LogP contribution in [0.15, 0.2) is 24.3 Å². The van der Waals surface area contributed by atoms with E-state index in [0.29, 0.717) is 12.7 Å². The van der Waals surface area contributed by atoms with Crippen LogP contribution in [-0.4, -0.2) is 30.4 Å². The van der Waals surface area contributed by atoms with E-state index in [9.17, 15) is 4.79 Å². The van der Waals surface area contributed by atoms with Crippen molar-refractivity contribution in [1.29, 1.82) is 0 Å². The van der Waals surface area contributed by atoms with Crippen LogP contribution in [0.5, 0.6) is 5.75 Å². The Balaban J connectivity index is 1.71. The summed E-state index contributed by atoms with van der Waals surface area (Å²) in [5, 5.41) is 8.74. The number of hydrogen-bond donors (Lipinski definition) is 1. The molecule has 19 heavy (non-hydrogen) atoms. The molecule has 1 N–H and O–H groups in total. The minimum Gasteiger partial charge on any atom is -0.494 e. The van der Waals surface area contributed by atoms with E-state index >= 15 is 0 Å². The maximum Gasteiger partial charge on any atom is 0.307 e. The minimum atomic E-state index is -0.824. The van der Waals surface area contributed by atoms with Crippen LogP contribution in [0.1, 0.15) is 31.2 Å². The molecule has 0 aromatic heterocycles. The SMILES string of the molecule is O=C(O)Cc1cccc(OCCCC2CCCO2)c1. The maximum atomic E-state index is 10.6. The first-order chi connectivity index (χ1) is 9.24. The Hall–Kier alpha value is -1.55. The van der Waals surface area contributed by atoms with Crippen LogP contribution in [0.3, 0.4) is 0 Å². The van der Waals surface area contributed by atoms with Gasteiger partial charge >= 0.3 is 5.97 Å². The lowest BCUT2D eigenvalue weighted by molar-refractivity contribution is -0.136. The molecule has 2 rings (SSSR count). The van der Waals surface area contributed by atoms with E-state index in [-0.39, 0.29) is 6.42 Å². The summed E-state index contributed by atoms with van der Waals surface area (Å²) in [7, 11) is 0. The van der Waals surface area contributed by atoms with E-state index in [1.807, 2.05) is 12.1 Å². The summed E-state index contributed by atoms with van der Waals surface area (Å²) in [6, 6.07) is 7.28. The Morgan fingerprint density at radius 3 is 3.11 bits per heavy atom. The van der Waals surface area contributed by atoms with E-state index in [4.69, 9.17) is 14.6 Å². The molecule has 1 heterocycles. The molecule has 1 fully saturated rings. The highest BCUT2D eigenvalue weighted by Crippen LogP contribution is 2.18. The van der Waals surface area contributed by atoms with Crippen LogP contribution in [0, 0.1) is 0 Å². The molecule has 1 aromatic carbocycles. The average Bonchev–Trinajstić information content (AvgIpc) is 2.87. The van der Waals surface area contributed by atoms with Crippen LogP contribution in [-0.2, 0) is 16.0 Å². The van der Waals surface area contributed by atoms with Gasteiger partial charge in [-0.3, -0.25) is 4.79 Å². The third-order valence-electron chi connectivity index (χ3n) is 3.22. The van der Waals surface area contributed by atoms with Gasteiger partial charge in [-0.05, 0) is 43.4 Å². The molecule has 1 unspecified atom stereocenters. The standard InChI is InChI=1S/C15H20O4/c16-15(17)11-12-4-1-5-14(10-12)19-9-3-7-13-6-2-8-18-13/h1,4-5,10,13H,2-3,6-9,11H2,(H,16,17). The van der Waals surface area contributed by atoms with Crippen LogP contribution in [0.25, 0.3) is 0 Å². The first kappa shape index (κ1) is 13.9. The fraction of sp³-hybridized carbons (Fsp3) is 0.533. The zero-order valence-electron chi connectivity index (χ0n) is 11.0. The summed E-state index contributed by atoms with van der Waals surface area (Å²) in [5.74, 6) is -0.0818. The summed E-state index contributed by atoms with van der Waals surface area (Å²) in [6.07, 6.45) is 4.77. The number of carboxylic acids is 1. The molecule has 1 saturated heterocycles. The predicted molar refractivity (Wildman–Crippen MR) is 71.5 cm³/mol. The maximum absolute atomic E-state index is 10.6. The van der Waals surface area contributed by atoms with Crippen LogP contribution < -0.4 is 4.74 Å². The van der Waals surface area contributed by atoms with E-state index in [0.717, 1.165) is 37.2 Å². The Morgan fingerprint density at radius 1 is 1.47 bits per heavy atom. The van der Waals surface area contributed by atoms with Crippen molar-refractivity contribution in [3.05, 3.63) is 29.8 Å². The van der Waals surface area contributed by atoms with Crippen molar-refractivity contribution in [2.24, 2.45) is 0 Å². The van der Waals surface area contributed by atoms with Crippen molar-refractivity contribution in [3.8, 4) is 5.75 Å². The van der Waals surface area contributed by atoms with Gasteiger partial charge in [-0.15, -0.1) is 0 Å². The molecule has 0 spiro atoms. The lowest BCUT2D eigenvalue weighted by Gasteiger charge is -2.10. The number of rotatable bonds is 7. The van der Waals surface area contributed by atoms with Gasteiger partial charge in [0.1, 0.15) is 5.75 Å². The molecule has 0 saturated carbocycles. The third-order valence-corrected chi connectivity index (χ3v) is 3.22. The zero-order valence-corrected chi connectivity index (χ0v) is 11.0. The summed E-state index contributed by atoms with van der Waals surface area (Å²) in [4.78, 5) is 10.6. The Bertz CT molecular complexity index is 410. The molecular formula is C15H20O4. The molecule has 1 aromatic rings. The average molecular weight is 264 g/mol. The topological polar surface area (TPSA) is 55.8 Å². The second kappa shape index (κ2) is 7.14. The normalized spacial score (nSPS) is 18.4. The second-order valence-corrected chi connectivity index (χ2v) is 4.84. The summed E-state index contributed by atoms with van der Waals surface area (Å²) in [5.41, 5.74) is 0.768. The molecule has 0 aliphatic carbocycles. The van der Waals surface area contributed by atoms with Gasteiger partial charge in [0.2, 0.25) is 0 Å². The van der Waals surface area contributed by atoms with Gasteiger partial charge in [0.15, 0.2) is 0 Å². The number of benzene rings is 1. The number of hydrogen-bond acceptors (Lipinski definition) is 3. The van der Waals surface area contributed by atoms with Gasteiger partial charge < -0.3 is 14.6 Å². The van der Waals surface area contributed by atoms with Crippen molar-refractivity contribution in [1.82, 2.24) is 0 Å². The first-order valence-corrected chi connectivity index (χ1v) is 6.79. The molecule has 0 radical (unpaired) electrons. The minimum absolute atomic E-state index is 0.0348. The van der Waals surface area contributed by atoms with E-state index in [1.165, 1.54) is 6.42 Å². The number of ether oxygens (including phenoxy) is 2. The van der Waals surface area contributed by atoms with Crippen molar-refractivity contribution in [2.45, 2.75) is 38.2 Å². The largest absolute Gasteiger partial charge is 0.494 e. The molecule has 1 aliphatic heterocycles. The molecule has 104 valence electrons. The van der Waals surface area contributed by atoms with E-state index < -0.39 is 5.97 Å². The van der Waals surface area contributed by atoms with Crippen molar-refractivity contribution >= 4 is 5.97 Å². The van der Waals surface area contributed by atoms with Crippen LogP contribution in [0.2, 0.25) is 0 Å². The number of carboxylic acid groups (broad SMARTS) is 1. The Kier molecular flexibility index (Phi) is 5.21. The van der Waals surface area contributed by atoms with Gasteiger partial charge in [0.05, 0.1) is 19.1 Å². The quantitative estimate of drug-likeness (QED) is 0.769. The van der Waals surface area contributed by atoms with Gasteiger partial charge in [-0.2, -0.15) is 0 Å². The summed E-state index contributed by atoms with van der Waals surface area (Å²) in [6.45, 7) is 1.54. The van der Waals surface area contributed by atoms with E-state index in [2.05, 4.69) is 0 Å². The van der Waals surface area contributed by atoms with Gasteiger partial charge in [0.25, 0.3) is 0 Å². The molecular weight excluding hydrogens is 244 g/mol. The molecule has 0 amide bonds. The van der Waals surface area contributed by atoms with Crippen molar-refractivity contribution in [3.63, 3.8) is 0 Å². The number of carbonyl (C=O) groups is 1. The summed E-state index contributed by atoms with van der Waals surface area (Å²) < 4.78 is 11.2. The highest BCUT2D eigenvalue weighted by Gasteiger charge is 2.14. The van der Waals surface area contributed by atoms with E-state index in [1.54, 1.807) is 12.1 Å². The number of aliphatic carboxylic acids is 1. The predicted octanol–water partition coefficient (Wildman–Crippen LogP) is 2.65. The molecule has 0 bridgehead atoms. The monoisotopic (exact) mass is 264 g/mol. The summed E-state index contributed by atoms with van der Waals surface area (Å²) >= 11 is 0. The first-order valence-electron chi connectivity index (χ1n) is 6.79. The smallest absolute Gasteiger partial charge is 0.307 e. The van der Waals surface area contributed by atoms with Gasteiger partial charge in [-0.1, -0.05) is 12.1 Å². The Labute approximate surface area is 113 Å². The zero-order chi connectivity index (χ0) is 13.5. The second-order valence-electron chi connectivity index (χ2n) is 4.84. The Morgan fingerprint density at radius 2 is 2.37 bits per heavy atom. The van der Waals surface area contributed by atoms with Gasteiger partial charge in [-0.25, -0.2) is 0 Å². The fourth-order valence-electron chi connectivity index (χ4n) is 2.29. The van der Waals surface area contributed by atoms with Crippen molar-refractivity contribution < 1.29 is 19.4 Å². The third kappa shape index (κ3) is 4.91. The molecule has 1 aliphatic rings. The highest BCUT2D eigenvalue weighted by atomic mass is 16.5. The lowest BCUT2D eigenvalue weighted by atomic mass is 10.1. The van der Waals surface area contributed by atoms with Crippen LogP contribution >= 0.6 is 0 Å². The van der Waals surface area contributed by atoms with Gasteiger partial charge in [0, 0.05) is 6.61 Å². The molecule has 4 heteroatoms. The molecule has 4 nitrogen and oxygen atoms in total. The van der Waals surface area contributed by atoms with Crippen LogP contribution in [0.4, 0.5) is 0 Å².